The van der Waals surface area contributed by atoms with Crippen molar-refractivity contribution in [2.24, 2.45) is 5.41 Å². The third-order valence-corrected chi connectivity index (χ3v) is 2.15. The topological polar surface area (TPSA) is 52.6 Å². The molecule has 106 valence electrons. The van der Waals surface area contributed by atoms with Crippen molar-refractivity contribution >= 4 is 11.9 Å². The molecule has 0 unspecified atom stereocenters. The fourth-order valence-corrected chi connectivity index (χ4v) is 1.25. The summed E-state index contributed by atoms with van der Waals surface area (Å²) in [6.45, 7) is 2.68. The lowest BCUT2D eigenvalue weighted by atomic mass is 9.88. The molecular formula is C11H17F3O4. The molecule has 18 heavy (non-hydrogen) atoms. The van der Waals surface area contributed by atoms with Gasteiger partial charge in [0.1, 0.15) is 0 Å². The first-order valence-corrected chi connectivity index (χ1v) is 5.48. The van der Waals surface area contributed by atoms with Gasteiger partial charge in [0.15, 0.2) is 13.2 Å². The quantitative estimate of drug-likeness (QED) is 0.696. The van der Waals surface area contributed by atoms with Gasteiger partial charge in [0.2, 0.25) is 0 Å². The van der Waals surface area contributed by atoms with Gasteiger partial charge in [-0.1, -0.05) is 13.3 Å². The van der Waals surface area contributed by atoms with Crippen molar-refractivity contribution in [1.29, 1.82) is 0 Å². The molecule has 0 radical (unpaired) electrons. The second-order valence-electron chi connectivity index (χ2n) is 4.49. The van der Waals surface area contributed by atoms with E-state index in [1.54, 1.807) is 13.8 Å². The highest BCUT2D eigenvalue weighted by molar-refractivity contribution is 5.79. The summed E-state index contributed by atoms with van der Waals surface area (Å²) in [5, 5.41) is 0. The van der Waals surface area contributed by atoms with Crippen LogP contribution in [0.5, 0.6) is 0 Å². The number of hydrogen-bond donors (Lipinski definition) is 0. The zero-order valence-electron chi connectivity index (χ0n) is 10.6. The van der Waals surface area contributed by atoms with Gasteiger partial charge in [-0.05, 0) is 20.3 Å². The first-order valence-electron chi connectivity index (χ1n) is 5.48. The number of halogens is 3. The molecule has 0 bridgehead atoms. The van der Waals surface area contributed by atoms with Crippen molar-refractivity contribution < 1.29 is 32.2 Å². The van der Waals surface area contributed by atoms with E-state index in [1.807, 2.05) is 6.92 Å². The molecule has 4 nitrogen and oxygen atoms in total. The lowest BCUT2D eigenvalue weighted by molar-refractivity contribution is -0.190. The number of alkyl halides is 3. The summed E-state index contributed by atoms with van der Waals surface area (Å²) in [7, 11) is 0. The maximum absolute atomic E-state index is 11.7. The average Bonchev–Trinajstić information content (AvgIpc) is 2.21. The molecule has 0 aromatic carbocycles. The van der Waals surface area contributed by atoms with Crippen LogP contribution in [0.1, 0.15) is 33.6 Å². The number of hydrogen-bond acceptors (Lipinski definition) is 4. The van der Waals surface area contributed by atoms with Crippen molar-refractivity contribution in [3.63, 3.8) is 0 Å². The summed E-state index contributed by atoms with van der Waals surface area (Å²) in [5.74, 6) is -1.85. The summed E-state index contributed by atoms with van der Waals surface area (Å²) in [6.07, 6.45) is -3.27. The summed E-state index contributed by atoms with van der Waals surface area (Å²) in [4.78, 5) is 22.4. The van der Waals surface area contributed by atoms with Gasteiger partial charge in [-0.3, -0.25) is 4.79 Å². The molecule has 0 saturated carbocycles. The highest BCUT2D eigenvalue weighted by Crippen LogP contribution is 2.23. The van der Waals surface area contributed by atoms with Gasteiger partial charge in [-0.25, -0.2) is 4.79 Å². The molecule has 7 heteroatoms. The highest BCUT2D eigenvalue weighted by atomic mass is 19.4. The van der Waals surface area contributed by atoms with E-state index in [4.69, 9.17) is 0 Å². The Kier molecular flexibility index (Phi) is 6.14. The summed E-state index contributed by atoms with van der Waals surface area (Å²) >= 11 is 0. The Morgan fingerprint density at radius 1 is 1.11 bits per heavy atom. The van der Waals surface area contributed by atoms with Gasteiger partial charge >= 0.3 is 18.1 Å². The SMILES string of the molecule is CCCC(C)(C)C(=O)OCC(=O)OCC(F)(F)F. The fraction of sp³-hybridized carbons (Fsp3) is 0.818. The third kappa shape index (κ3) is 7.13. The van der Waals surface area contributed by atoms with E-state index in [9.17, 15) is 22.8 Å². The van der Waals surface area contributed by atoms with Crippen LogP contribution in [0.25, 0.3) is 0 Å². The molecule has 0 amide bonds. The maximum Gasteiger partial charge on any atom is 0.422 e. The predicted octanol–water partition coefficient (Wildman–Crippen LogP) is 2.46. The standard InChI is InChI=1S/C11H17F3O4/c1-4-5-10(2,3)9(16)17-6-8(15)18-7-11(12,13)14/h4-7H2,1-3H3. The first-order chi connectivity index (χ1) is 8.08. The molecule has 0 N–H and O–H groups in total. The van der Waals surface area contributed by atoms with Crippen LogP contribution < -0.4 is 0 Å². The van der Waals surface area contributed by atoms with E-state index in [2.05, 4.69) is 9.47 Å². The van der Waals surface area contributed by atoms with E-state index >= 15 is 0 Å². The number of carbonyl (C=O) groups is 2. The molecule has 0 aliphatic rings. The van der Waals surface area contributed by atoms with E-state index in [-0.39, 0.29) is 0 Å². The maximum atomic E-state index is 11.7. The minimum atomic E-state index is -4.58. The third-order valence-electron chi connectivity index (χ3n) is 2.15. The van der Waals surface area contributed by atoms with Crippen LogP contribution in [0.3, 0.4) is 0 Å². The summed E-state index contributed by atoms with van der Waals surface area (Å²) in [5.41, 5.74) is -0.765. The van der Waals surface area contributed by atoms with Crippen molar-refractivity contribution in [3.05, 3.63) is 0 Å². The number of esters is 2. The molecular weight excluding hydrogens is 253 g/mol. The van der Waals surface area contributed by atoms with Crippen LogP contribution in [-0.2, 0) is 19.1 Å². The molecule has 0 saturated heterocycles. The molecule has 0 heterocycles. The Morgan fingerprint density at radius 2 is 1.67 bits per heavy atom. The zero-order chi connectivity index (χ0) is 14.4. The van der Waals surface area contributed by atoms with E-state index in [1.165, 1.54) is 0 Å². The number of carbonyl (C=O) groups excluding carboxylic acids is 2. The van der Waals surface area contributed by atoms with Crippen molar-refractivity contribution in [1.82, 2.24) is 0 Å². The van der Waals surface area contributed by atoms with Crippen molar-refractivity contribution in [2.45, 2.75) is 39.8 Å². The minimum absolute atomic E-state index is 0.559. The van der Waals surface area contributed by atoms with Crippen LogP contribution in [0.15, 0.2) is 0 Å². The van der Waals surface area contributed by atoms with Crippen molar-refractivity contribution in [3.8, 4) is 0 Å². The molecule has 0 fully saturated rings. The number of ether oxygens (including phenoxy) is 2. The Hall–Kier alpha value is -1.27. The van der Waals surface area contributed by atoms with Gasteiger partial charge in [-0.15, -0.1) is 0 Å². The van der Waals surface area contributed by atoms with Crippen molar-refractivity contribution in [2.75, 3.05) is 13.2 Å². The monoisotopic (exact) mass is 270 g/mol. The first kappa shape index (κ1) is 16.7. The normalized spacial score (nSPS) is 12.1. The van der Waals surface area contributed by atoms with Gasteiger partial charge in [0.05, 0.1) is 5.41 Å². The molecule has 0 spiro atoms. The Bertz CT molecular complexity index is 297. The Balaban J connectivity index is 4.03. The fourth-order valence-electron chi connectivity index (χ4n) is 1.25. The van der Waals surface area contributed by atoms with Crippen LogP contribution in [0.2, 0.25) is 0 Å². The van der Waals surface area contributed by atoms with Gasteiger partial charge in [0.25, 0.3) is 0 Å². The average molecular weight is 270 g/mol. The van der Waals surface area contributed by atoms with Crippen LogP contribution in [0, 0.1) is 5.41 Å². The van der Waals surface area contributed by atoms with Gasteiger partial charge < -0.3 is 9.47 Å². The van der Waals surface area contributed by atoms with E-state index in [0.717, 1.165) is 6.42 Å². The highest BCUT2D eigenvalue weighted by Gasteiger charge is 2.31. The molecule has 0 rings (SSSR count). The van der Waals surface area contributed by atoms with Gasteiger partial charge in [-0.2, -0.15) is 13.2 Å². The van der Waals surface area contributed by atoms with Crippen LogP contribution in [0.4, 0.5) is 13.2 Å². The summed E-state index contributed by atoms with van der Waals surface area (Å²) < 4.78 is 43.7. The predicted molar refractivity (Wildman–Crippen MR) is 56.7 cm³/mol. The van der Waals surface area contributed by atoms with Crippen LogP contribution in [-0.4, -0.2) is 31.3 Å². The Morgan fingerprint density at radius 3 is 2.11 bits per heavy atom. The largest absolute Gasteiger partial charge is 0.454 e. The molecule has 0 aromatic heterocycles. The number of rotatable bonds is 6. The molecule has 0 atom stereocenters. The lowest BCUT2D eigenvalue weighted by Crippen LogP contribution is -2.30. The minimum Gasteiger partial charge on any atom is -0.454 e. The second-order valence-corrected chi connectivity index (χ2v) is 4.49. The van der Waals surface area contributed by atoms with Crippen LogP contribution >= 0.6 is 0 Å². The smallest absolute Gasteiger partial charge is 0.422 e. The molecule has 0 aliphatic carbocycles. The molecule has 0 aromatic rings. The molecule has 0 aliphatic heterocycles. The van der Waals surface area contributed by atoms with E-state index in [0.29, 0.717) is 6.42 Å². The zero-order valence-corrected chi connectivity index (χ0v) is 10.6. The van der Waals surface area contributed by atoms with E-state index < -0.39 is 36.7 Å². The lowest BCUT2D eigenvalue weighted by Gasteiger charge is -2.21. The second kappa shape index (κ2) is 6.61. The Labute approximate surface area is 103 Å². The summed E-state index contributed by atoms with van der Waals surface area (Å²) in [6, 6.07) is 0. The van der Waals surface area contributed by atoms with Gasteiger partial charge in [0, 0.05) is 0 Å².